The van der Waals surface area contributed by atoms with Crippen LogP contribution in [-0.2, 0) is 16.2 Å². The molecule has 4 rings (SSSR count). The van der Waals surface area contributed by atoms with Gasteiger partial charge in [0.25, 0.3) is 11.1 Å². The number of nitrogens with zero attached hydrogens (tertiary/aromatic N) is 1. The van der Waals surface area contributed by atoms with Gasteiger partial charge in [-0.1, -0.05) is 46.9 Å². The van der Waals surface area contributed by atoms with E-state index in [1.165, 1.54) is 13.2 Å². The molecule has 1 fully saturated rings. The Morgan fingerprint density at radius 2 is 1.79 bits per heavy atom. The second kappa shape index (κ2) is 12.4. The third-order valence-electron chi connectivity index (χ3n) is 5.26. The molecule has 0 aromatic heterocycles. The molecule has 196 valence electrons. The van der Waals surface area contributed by atoms with Crippen LogP contribution in [0.1, 0.15) is 11.1 Å². The third-order valence-corrected chi connectivity index (χ3v) is 7.67. The number of ether oxygens (including phenoxy) is 2. The molecule has 7 nitrogen and oxygen atoms in total. The number of carbonyl (C=O) groups is 3. The van der Waals surface area contributed by atoms with Crippen molar-refractivity contribution in [1.82, 2.24) is 4.90 Å². The molecule has 0 spiro atoms. The standard InChI is InChI=1S/C26H18BrCl3N2O5S/c1-36-22-7-5-17(11-20(22)30)31-24(33)12-32-25(34)23(38-26(32)35)9-14-2-6-21(18(27)8-14)37-13-15-3-4-16(28)10-19(15)29/h2-11H,12-13H2,1H3,(H,31,33)/b23-9+. The zero-order valence-electron chi connectivity index (χ0n) is 19.6. The van der Waals surface area contributed by atoms with Crippen LogP contribution in [0.4, 0.5) is 10.5 Å². The Balaban J connectivity index is 1.39. The van der Waals surface area contributed by atoms with Crippen molar-refractivity contribution in [3.63, 3.8) is 0 Å². The molecule has 1 N–H and O–H groups in total. The van der Waals surface area contributed by atoms with E-state index < -0.39 is 23.6 Å². The largest absolute Gasteiger partial charge is 0.495 e. The summed E-state index contributed by atoms with van der Waals surface area (Å²) in [6, 6.07) is 15.1. The van der Waals surface area contributed by atoms with Crippen molar-refractivity contribution in [3.05, 3.63) is 90.2 Å². The Morgan fingerprint density at radius 3 is 2.47 bits per heavy atom. The topological polar surface area (TPSA) is 84.9 Å². The SMILES string of the molecule is COc1ccc(NC(=O)CN2C(=O)S/C(=C/c3ccc(OCc4ccc(Cl)cc4Cl)c(Br)c3)C2=O)cc1Cl. The van der Waals surface area contributed by atoms with Crippen LogP contribution in [0, 0.1) is 0 Å². The van der Waals surface area contributed by atoms with Crippen molar-refractivity contribution < 1.29 is 23.9 Å². The predicted molar refractivity (Wildman–Crippen MR) is 154 cm³/mol. The third kappa shape index (κ3) is 6.84. The van der Waals surface area contributed by atoms with Crippen molar-refractivity contribution in [1.29, 1.82) is 0 Å². The number of nitrogens with one attached hydrogen (secondary N) is 1. The van der Waals surface area contributed by atoms with E-state index in [0.717, 1.165) is 22.2 Å². The van der Waals surface area contributed by atoms with E-state index in [4.69, 9.17) is 44.3 Å². The first-order valence-corrected chi connectivity index (χ1v) is 13.6. The summed E-state index contributed by atoms with van der Waals surface area (Å²) in [6.45, 7) is -0.201. The monoisotopic (exact) mass is 654 g/mol. The van der Waals surface area contributed by atoms with Gasteiger partial charge in [0.2, 0.25) is 5.91 Å². The molecular formula is C26H18BrCl3N2O5S. The van der Waals surface area contributed by atoms with Gasteiger partial charge >= 0.3 is 0 Å². The molecule has 1 saturated heterocycles. The number of hydrogen-bond acceptors (Lipinski definition) is 6. The quantitative estimate of drug-likeness (QED) is 0.251. The van der Waals surface area contributed by atoms with Crippen molar-refractivity contribution in [2.24, 2.45) is 0 Å². The van der Waals surface area contributed by atoms with Gasteiger partial charge in [-0.05, 0) is 81.8 Å². The summed E-state index contributed by atoms with van der Waals surface area (Å²) in [7, 11) is 1.48. The highest BCUT2D eigenvalue weighted by Gasteiger charge is 2.36. The maximum absolute atomic E-state index is 12.9. The van der Waals surface area contributed by atoms with Crippen molar-refractivity contribution >= 4 is 91.3 Å². The molecule has 1 aliphatic heterocycles. The first-order valence-electron chi connectivity index (χ1n) is 10.9. The molecule has 0 radical (unpaired) electrons. The minimum atomic E-state index is -0.559. The van der Waals surface area contributed by atoms with Gasteiger partial charge in [-0.25, -0.2) is 0 Å². The van der Waals surface area contributed by atoms with Crippen molar-refractivity contribution in [3.8, 4) is 11.5 Å². The highest BCUT2D eigenvalue weighted by molar-refractivity contribution is 9.10. The molecular weight excluding hydrogens is 639 g/mol. The number of methoxy groups -OCH3 is 1. The maximum atomic E-state index is 12.9. The maximum Gasteiger partial charge on any atom is 0.294 e. The fourth-order valence-electron chi connectivity index (χ4n) is 3.39. The lowest BCUT2D eigenvalue weighted by atomic mass is 10.2. The number of benzene rings is 3. The van der Waals surface area contributed by atoms with Gasteiger partial charge in [-0.2, -0.15) is 0 Å². The van der Waals surface area contributed by atoms with Gasteiger partial charge in [0.15, 0.2) is 0 Å². The van der Waals surface area contributed by atoms with Crippen LogP contribution in [0.25, 0.3) is 6.08 Å². The minimum Gasteiger partial charge on any atom is -0.495 e. The molecule has 0 unspecified atom stereocenters. The second-order valence-electron chi connectivity index (χ2n) is 7.88. The normalized spacial score (nSPS) is 14.2. The molecule has 3 aromatic rings. The average molecular weight is 657 g/mol. The summed E-state index contributed by atoms with van der Waals surface area (Å²) < 4.78 is 11.6. The molecule has 12 heteroatoms. The van der Waals surface area contributed by atoms with Crippen LogP contribution in [0.5, 0.6) is 11.5 Å². The number of anilines is 1. The lowest BCUT2D eigenvalue weighted by Crippen LogP contribution is -2.36. The molecule has 0 saturated carbocycles. The second-order valence-corrected chi connectivity index (χ2v) is 11.0. The van der Waals surface area contributed by atoms with E-state index in [2.05, 4.69) is 21.2 Å². The van der Waals surface area contributed by atoms with Crippen LogP contribution in [0.3, 0.4) is 0 Å². The van der Waals surface area contributed by atoms with Crippen LogP contribution in [-0.4, -0.2) is 35.6 Å². The number of carbonyl (C=O) groups excluding carboxylic acids is 3. The van der Waals surface area contributed by atoms with E-state index in [1.54, 1.807) is 54.6 Å². The first-order chi connectivity index (χ1) is 18.1. The van der Waals surface area contributed by atoms with Gasteiger partial charge in [-0.15, -0.1) is 0 Å². The number of imide groups is 1. The number of halogens is 4. The van der Waals surface area contributed by atoms with Crippen LogP contribution >= 0.6 is 62.5 Å². The number of rotatable bonds is 8. The summed E-state index contributed by atoms with van der Waals surface area (Å²) in [4.78, 5) is 38.9. The zero-order chi connectivity index (χ0) is 27.4. The predicted octanol–water partition coefficient (Wildman–Crippen LogP) is 7.67. The van der Waals surface area contributed by atoms with Gasteiger partial charge in [0.05, 0.1) is 21.5 Å². The molecule has 38 heavy (non-hydrogen) atoms. The Kier molecular flexibility index (Phi) is 9.27. The summed E-state index contributed by atoms with van der Waals surface area (Å²) in [6.07, 6.45) is 1.58. The van der Waals surface area contributed by atoms with Crippen molar-refractivity contribution in [2.45, 2.75) is 6.61 Å². The van der Waals surface area contributed by atoms with E-state index in [9.17, 15) is 14.4 Å². The minimum absolute atomic E-state index is 0.198. The van der Waals surface area contributed by atoms with Crippen LogP contribution in [0.2, 0.25) is 15.1 Å². The van der Waals surface area contributed by atoms with Crippen LogP contribution < -0.4 is 14.8 Å². The molecule has 0 atom stereocenters. The van der Waals surface area contributed by atoms with Crippen LogP contribution in [0.15, 0.2) is 64.0 Å². The van der Waals surface area contributed by atoms with E-state index in [1.807, 2.05) is 0 Å². The highest BCUT2D eigenvalue weighted by atomic mass is 79.9. The molecule has 1 heterocycles. The summed E-state index contributed by atoms with van der Waals surface area (Å²) in [5.74, 6) is -0.0777. The van der Waals surface area contributed by atoms with Crippen molar-refractivity contribution in [2.75, 3.05) is 19.0 Å². The summed E-state index contributed by atoms with van der Waals surface area (Å²) in [5, 5.41) is 3.44. The highest BCUT2D eigenvalue weighted by Crippen LogP contribution is 2.34. The lowest BCUT2D eigenvalue weighted by Gasteiger charge is -2.13. The number of hydrogen-bond donors (Lipinski definition) is 1. The van der Waals surface area contributed by atoms with E-state index in [-0.39, 0.29) is 11.5 Å². The smallest absolute Gasteiger partial charge is 0.294 e. The molecule has 0 aliphatic carbocycles. The summed E-state index contributed by atoms with van der Waals surface area (Å²) >= 11 is 22.4. The Hall–Kier alpha value is -2.69. The zero-order valence-corrected chi connectivity index (χ0v) is 24.3. The lowest BCUT2D eigenvalue weighted by molar-refractivity contribution is -0.127. The fraction of sp³-hybridized carbons (Fsp3) is 0.115. The number of thioether (sulfide) groups is 1. The molecule has 3 amide bonds. The Labute approximate surface area is 246 Å². The molecule has 0 bridgehead atoms. The van der Waals surface area contributed by atoms with Gasteiger partial charge in [0.1, 0.15) is 24.7 Å². The van der Waals surface area contributed by atoms with E-state index in [0.29, 0.717) is 42.3 Å². The van der Waals surface area contributed by atoms with E-state index >= 15 is 0 Å². The molecule has 1 aliphatic rings. The fourth-order valence-corrected chi connectivity index (χ4v) is 5.46. The van der Waals surface area contributed by atoms with Gasteiger partial charge in [-0.3, -0.25) is 19.3 Å². The summed E-state index contributed by atoms with van der Waals surface area (Å²) in [5.41, 5.74) is 1.85. The number of amides is 3. The van der Waals surface area contributed by atoms with Gasteiger partial charge < -0.3 is 14.8 Å². The average Bonchev–Trinajstić information content (AvgIpc) is 3.11. The molecule has 3 aromatic carbocycles. The first kappa shape index (κ1) is 28.3. The van der Waals surface area contributed by atoms with Gasteiger partial charge in [0, 0.05) is 21.3 Å². The Morgan fingerprint density at radius 1 is 1.03 bits per heavy atom. The Bertz CT molecular complexity index is 1470.